The lowest BCUT2D eigenvalue weighted by Gasteiger charge is -2.19. The topological polar surface area (TPSA) is 45.8 Å². The molecular weight excluding hydrogens is 316 g/mol. The van der Waals surface area contributed by atoms with Gasteiger partial charge < -0.3 is 4.98 Å². The zero-order valence-electron chi connectivity index (χ0n) is 12.2. The number of aromatic amines is 1. The van der Waals surface area contributed by atoms with Crippen molar-refractivity contribution in [1.82, 2.24) is 9.97 Å². The molecule has 2 aromatic rings. The van der Waals surface area contributed by atoms with E-state index >= 15 is 0 Å². The van der Waals surface area contributed by atoms with Gasteiger partial charge >= 0.3 is 0 Å². The van der Waals surface area contributed by atoms with Gasteiger partial charge in [0.05, 0.1) is 5.69 Å². The maximum atomic E-state index is 12.0. The van der Waals surface area contributed by atoms with Crippen LogP contribution in [0, 0.1) is 6.92 Å². The molecule has 0 aliphatic heterocycles. The first kappa shape index (κ1) is 15.0. The minimum atomic E-state index is -0.172. The smallest absolute Gasteiger partial charge is 0.265 e. The van der Waals surface area contributed by atoms with Crippen molar-refractivity contribution >= 4 is 15.9 Å². The van der Waals surface area contributed by atoms with E-state index in [1.54, 1.807) is 0 Å². The van der Waals surface area contributed by atoms with Crippen LogP contribution in [0.5, 0.6) is 0 Å². The van der Waals surface area contributed by atoms with E-state index in [1.165, 1.54) is 5.56 Å². The highest BCUT2D eigenvalue weighted by molar-refractivity contribution is 9.10. The molecule has 2 rings (SSSR count). The first-order valence-corrected chi connectivity index (χ1v) is 7.41. The van der Waals surface area contributed by atoms with Crippen LogP contribution in [0.15, 0.2) is 33.5 Å². The summed E-state index contributed by atoms with van der Waals surface area (Å²) in [5.41, 5.74) is 2.87. The number of H-pyrrole nitrogens is 1. The Kier molecular flexibility index (Phi) is 4.14. The lowest BCUT2D eigenvalue weighted by Crippen LogP contribution is -2.23. The van der Waals surface area contributed by atoms with E-state index in [9.17, 15) is 4.79 Å². The van der Waals surface area contributed by atoms with Crippen molar-refractivity contribution in [3.05, 3.63) is 61.7 Å². The van der Waals surface area contributed by atoms with Crippen molar-refractivity contribution in [2.75, 3.05) is 0 Å². The molecule has 1 aromatic carbocycles. The summed E-state index contributed by atoms with van der Waals surface area (Å²) in [6, 6.07) is 8.26. The van der Waals surface area contributed by atoms with Crippen LogP contribution >= 0.6 is 15.9 Å². The normalized spacial score (nSPS) is 11.7. The molecule has 1 heterocycles. The molecule has 0 saturated carbocycles. The quantitative estimate of drug-likeness (QED) is 0.909. The Balaban J connectivity index is 2.41. The molecule has 0 amide bonds. The van der Waals surface area contributed by atoms with Crippen molar-refractivity contribution in [3.8, 4) is 0 Å². The highest BCUT2D eigenvalue weighted by Gasteiger charge is 2.21. The summed E-state index contributed by atoms with van der Waals surface area (Å²) in [5.74, 6) is 0.701. The van der Waals surface area contributed by atoms with E-state index in [1.807, 2.05) is 0 Å². The predicted molar refractivity (Wildman–Crippen MR) is 85.2 cm³/mol. The van der Waals surface area contributed by atoms with Gasteiger partial charge in [0.1, 0.15) is 10.3 Å². The van der Waals surface area contributed by atoms with E-state index in [0.717, 1.165) is 11.3 Å². The maximum Gasteiger partial charge on any atom is 0.265 e. The number of halogens is 1. The molecule has 0 aliphatic carbocycles. The molecule has 0 bridgehead atoms. The molecule has 0 spiro atoms. The van der Waals surface area contributed by atoms with Crippen LogP contribution in [0.1, 0.15) is 43.4 Å². The highest BCUT2D eigenvalue weighted by atomic mass is 79.9. The number of rotatable bonds is 2. The third-order valence-electron chi connectivity index (χ3n) is 3.11. The average molecular weight is 335 g/mol. The third kappa shape index (κ3) is 3.37. The summed E-state index contributed by atoms with van der Waals surface area (Å²) in [6.45, 7) is 8.21. The molecule has 4 heteroatoms. The van der Waals surface area contributed by atoms with Crippen molar-refractivity contribution in [3.63, 3.8) is 0 Å². The fourth-order valence-corrected chi connectivity index (χ4v) is 2.77. The number of hydrogen-bond acceptors (Lipinski definition) is 2. The van der Waals surface area contributed by atoms with Crippen LogP contribution in [-0.2, 0) is 11.8 Å². The molecule has 0 unspecified atom stereocenters. The summed E-state index contributed by atoms with van der Waals surface area (Å²) in [7, 11) is 0. The second kappa shape index (κ2) is 5.52. The van der Waals surface area contributed by atoms with Gasteiger partial charge in [-0.15, -0.1) is 0 Å². The molecule has 0 saturated heterocycles. The first-order chi connectivity index (χ1) is 9.27. The summed E-state index contributed by atoms with van der Waals surface area (Å²) in [5, 5.41) is 0. The van der Waals surface area contributed by atoms with Crippen molar-refractivity contribution < 1.29 is 0 Å². The zero-order chi connectivity index (χ0) is 14.9. The fraction of sp³-hybridized carbons (Fsp3) is 0.375. The van der Waals surface area contributed by atoms with Crippen LogP contribution < -0.4 is 5.56 Å². The van der Waals surface area contributed by atoms with Gasteiger partial charge in [-0.3, -0.25) is 4.79 Å². The highest BCUT2D eigenvalue weighted by Crippen LogP contribution is 2.25. The lowest BCUT2D eigenvalue weighted by molar-refractivity contribution is 0.557. The van der Waals surface area contributed by atoms with Crippen LogP contribution in [0.2, 0.25) is 0 Å². The van der Waals surface area contributed by atoms with Crippen LogP contribution in [0.3, 0.4) is 0 Å². The molecule has 0 fully saturated rings. The molecular formula is C16H19BrN2O. The standard InChI is InChI=1S/C16H19BrN2O/c1-10-5-7-11(8-6-10)9-12-18-14(16(2,3)4)13(17)15(20)19-12/h5-8H,9H2,1-4H3,(H,18,19,20). The second-order valence-corrected chi connectivity index (χ2v) is 6.88. The number of aromatic nitrogens is 2. The van der Waals surface area contributed by atoms with E-state index in [2.05, 4.69) is 77.9 Å². The van der Waals surface area contributed by atoms with Gasteiger partial charge in [0.2, 0.25) is 0 Å². The van der Waals surface area contributed by atoms with E-state index < -0.39 is 0 Å². The molecule has 0 aliphatic rings. The average Bonchev–Trinajstić information content (AvgIpc) is 2.35. The van der Waals surface area contributed by atoms with Gasteiger partial charge in [-0.2, -0.15) is 0 Å². The van der Waals surface area contributed by atoms with Crippen molar-refractivity contribution in [1.29, 1.82) is 0 Å². The van der Waals surface area contributed by atoms with Crippen molar-refractivity contribution in [2.45, 2.75) is 39.5 Å². The Morgan fingerprint density at radius 2 is 1.80 bits per heavy atom. The first-order valence-electron chi connectivity index (χ1n) is 6.62. The van der Waals surface area contributed by atoms with Gasteiger partial charge in [-0.25, -0.2) is 4.98 Å². The molecule has 1 aromatic heterocycles. The number of aryl methyl sites for hydroxylation is 1. The Morgan fingerprint density at radius 3 is 2.35 bits per heavy atom. The van der Waals surface area contributed by atoms with E-state index in [0.29, 0.717) is 16.7 Å². The van der Waals surface area contributed by atoms with Gasteiger partial charge in [0.15, 0.2) is 0 Å². The SMILES string of the molecule is Cc1ccc(Cc2nc(C(C)(C)C)c(Br)c(=O)[nH]2)cc1. The molecule has 3 nitrogen and oxygen atoms in total. The van der Waals surface area contributed by atoms with Crippen LogP contribution in [0.4, 0.5) is 0 Å². The zero-order valence-corrected chi connectivity index (χ0v) is 13.8. The number of benzene rings is 1. The number of hydrogen-bond donors (Lipinski definition) is 1. The van der Waals surface area contributed by atoms with Gasteiger partial charge in [-0.05, 0) is 28.4 Å². The van der Waals surface area contributed by atoms with E-state index in [4.69, 9.17) is 0 Å². The molecule has 0 atom stereocenters. The molecule has 0 radical (unpaired) electrons. The Morgan fingerprint density at radius 1 is 1.20 bits per heavy atom. The third-order valence-corrected chi connectivity index (χ3v) is 3.85. The van der Waals surface area contributed by atoms with Crippen molar-refractivity contribution in [2.24, 2.45) is 0 Å². The maximum absolute atomic E-state index is 12.0. The van der Waals surface area contributed by atoms with Crippen LogP contribution in [-0.4, -0.2) is 9.97 Å². The van der Waals surface area contributed by atoms with Gasteiger partial charge in [-0.1, -0.05) is 50.6 Å². The minimum Gasteiger partial charge on any atom is -0.309 e. The van der Waals surface area contributed by atoms with E-state index in [-0.39, 0.29) is 11.0 Å². The second-order valence-electron chi connectivity index (χ2n) is 6.09. The monoisotopic (exact) mass is 334 g/mol. The number of nitrogens with one attached hydrogen (secondary N) is 1. The summed E-state index contributed by atoms with van der Waals surface area (Å²) in [4.78, 5) is 19.5. The largest absolute Gasteiger partial charge is 0.309 e. The summed E-state index contributed by atoms with van der Waals surface area (Å²) >= 11 is 3.34. The minimum absolute atomic E-state index is 0.118. The molecule has 20 heavy (non-hydrogen) atoms. The molecule has 106 valence electrons. The fourth-order valence-electron chi connectivity index (χ4n) is 1.99. The molecule has 1 N–H and O–H groups in total. The van der Waals surface area contributed by atoms with Crippen LogP contribution in [0.25, 0.3) is 0 Å². The van der Waals surface area contributed by atoms with Gasteiger partial charge in [0, 0.05) is 11.8 Å². The Labute approximate surface area is 127 Å². The Bertz CT molecular complexity index is 666. The number of nitrogens with zero attached hydrogens (tertiary/aromatic N) is 1. The lowest BCUT2D eigenvalue weighted by atomic mass is 9.92. The van der Waals surface area contributed by atoms with Gasteiger partial charge in [0.25, 0.3) is 5.56 Å². The summed E-state index contributed by atoms with van der Waals surface area (Å²) < 4.78 is 0.526. The predicted octanol–water partition coefficient (Wildman–Crippen LogP) is 3.73. The Hall–Kier alpha value is -1.42. The summed E-state index contributed by atoms with van der Waals surface area (Å²) in [6.07, 6.45) is 0.631.